The van der Waals surface area contributed by atoms with Crippen molar-refractivity contribution < 1.29 is 19.0 Å². The van der Waals surface area contributed by atoms with Gasteiger partial charge in [-0.1, -0.05) is 11.6 Å². The minimum Gasteiger partial charge on any atom is -0.497 e. The summed E-state index contributed by atoms with van der Waals surface area (Å²) in [4.78, 5) is 12.4. The van der Waals surface area contributed by atoms with Gasteiger partial charge in [-0.25, -0.2) is 4.79 Å². The Labute approximate surface area is 167 Å². The van der Waals surface area contributed by atoms with Gasteiger partial charge < -0.3 is 19.9 Å². The number of ether oxygens (including phenoxy) is 3. The lowest BCUT2D eigenvalue weighted by atomic mass is 10.2. The van der Waals surface area contributed by atoms with Crippen LogP contribution in [0.4, 0.5) is 0 Å². The molecule has 0 radical (unpaired) electrons. The SMILES string of the molecule is CCOc1cc(C=NNC(N)=S)cc(Cl)c1OC(=O)c1ccc(OC)cc1. The van der Waals surface area contributed by atoms with Crippen molar-refractivity contribution in [1.29, 1.82) is 0 Å². The summed E-state index contributed by atoms with van der Waals surface area (Å²) in [6.07, 6.45) is 1.46. The van der Waals surface area contributed by atoms with Gasteiger partial charge in [-0.05, 0) is 61.1 Å². The third-order valence-electron chi connectivity index (χ3n) is 3.24. The molecule has 142 valence electrons. The van der Waals surface area contributed by atoms with Crippen LogP contribution in [0.2, 0.25) is 5.02 Å². The monoisotopic (exact) mass is 407 g/mol. The van der Waals surface area contributed by atoms with Gasteiger partial charge in [-0.3, -0.25) is 5.43 Å². The average molecular weight is 408 g/mol. The van der Waals surface area contributed by atoms with Crippen LogP contribution in [0, 0.1) is 0 Å². The van der Waals surface area contributed by atoms with Crippen LogP contribution in [0.3, 0.4) is 0 Å². The highest BCUT2D eigenvalue weighted by molar-refractivity contribution is 7.80. The number of halogens is 1. The first-order valence-corrected chi connectivity index (χ1v) is 8.64. The molecule has 0 heterocycles. The molecule has 0 saturated heterocycles. The summed E-state index contributed by atoms with van der Waals surface area (Å²) in [6, 6.07) is 9.73. The Hall–Kier alpha value is -2.84. The molecule has 27 heavy (non-hydrogen) atoms. The molecule has 9 heteroatoms. The lowest BCUT2D eigenvalue weighted by Crippen LogP contribution is -2.24. The number of nitrogens with two attached hydrogens (primary N) is 1. The van der Waals surface area contributed by atoms with E-state index in [1.807, 2.05) is 0 Å². The standard InChI is InChI=1S/C18H18ClN3O4S/c1-3-25-15-9-11(10-21-22-18(20)27)8-14(19)16(15)26-17(23)12-4-6-13(24-2)7-5-12/h4-10H,3H2,1-2H3,(H3,20,22,27). The van der Waals surface area contributed by atoms with Crippen LogP contribution in [0.5, 0.6) is 17.2 Å². The van der Waals surface area contributed by atoms with Crippen molar-refractivity contribution in [2.24, 2.45) is 10.8 Å². The van der Waals surface area contributed by atoms with Gasteiger partial charge in [0, 0.05) is 0 Å². The highest BCUT2D eigenvalue weighted by Gasteiger charge is 2.17. The van der Waals surface area contributed by atoms with E-state index in [0.29, 0.717) is 29.2 Å². The van der Waals surface area contributed by atoms with E-state index < -0.39 is 5.97 Å². The van der Waals surface area contributed by atoms with Crippen LogP contribution < -0.4 is 25.4 Å². The van der Waals surface area contributed by atoms with Gasteiger partial charge in [0.25, 0.3) is 0 Å². The molecule has 7 nitrogen and oxygen atoms in total. The first-order chi connectivity index (χ1) is 12.9. The normalized spacial score (nSPS) is 10.5. The van der Waals surface area contributed by atoms with E-state index in [1.165, 1.54) is 6.21 Å². The highest BCUT2D eigenvalue weighted by Crippen LogP contribution is 2.37. The Morgan fingerprint density at radius 1 is 1.33 bits per heavy atom. The maximum Gasteiger partial charge on any atom is 0.343 e. The lowest BCUT2D eigenvalue weighted by Gasteiger charge is -2.13. The molecule has 3 N–H and O–H groups in total. The van der Waals surface area contributed by atoms with Crippen LogP contribution in [0.15, 0.2) is 41.5 Å². The zero-order valence-electron chi connectivity index (χ0n) is 14.7. The molecule has 2 aromatic rings. The van der Waals surface area contributed by atoms with Gasteiger partial charge in [0.15, 0.2) is 16.6 Å². The Morgan fingerprint density at radius 2 is 2.04 bits per heavy atom. The molecular formula is C18H18ClN3O4S. The first-order valence-electron chi connectivity index (χ1n) is 7.85. The molecule has 0 fully saturated rings. The summed E-state index contributed by atoms with van der Waals surface area (Å²) < 4.78 is 16.1. The third kappa shape index (κ3) is 5.83. The van der Waals surface area contributed by atoms with E-state index >= 15 is 0 Å². The van der Waals surface area contributed by atoms with Gasteiger partial charge in [-0.2, -0.15) is 5.10 Å². The summed E-state index contributed by atoms with van der Waals surface area (Å²) in [5.41, 5.74) is 8.70. The van der Waals surface area contributed by atoms with Crippen molar-refractivity contribution in [2.45, 2.75) is 6.92 Å². The van der Waals surface area contributed by atoms with Crippen molar-refractivity contribution in [3.05, 3.63) is 52.5 Å². The largest absolute Gasteiger partial charge is 0.497 e. The molecule has 0 spiro atoms. The van der Waals surface area contributed by atoms with E-state index in [1.54, 1.807) is 50.4 Å². The maximum atomic E-state index is 12.4. The smallest absolute Gasteiger partial charge is 0.343 e. The number of thiocarbonyl (C=S) groups is 1. The van der Waals surface area contributed by atoms with E-state index in [2.05, 4.69) is 22.7 Å². The quantitative estimate of drug-likeness (QED) is 0.239. The lowest BCUT2D eigenvalue weighted by molar-refractivity contribution is 0.0728. The average Bonchev–Trinajstić information content (AvgIpc) is 2.64. The van der Waals surface area contributed by atoms with E-state index in [0.717, 1.165) is 0 Å². The fourth-order valence-corrected chi connectivity index (χ4v) is 2.38. The van der Waals surface area contributed by atoms with Gasteiger partial charge >= 0.3 is 5.97 Å². The number of benzene rings is 2. The number of esters is 1. The fraction of sp³-hybridized carbons (Fsp3) is 0.167. The van der Waals surface area contributed by atoms with Crippen LogP contribution in [-0.2, 0) is 0 Å². The zero-order chi connectivity index (χ0) is 19.8. The maximum absolute atomic E-state index is 12.4. The zero-order valence-corrected chi connectivity index (χ0v) is 16.3. The number of hydrogen-bond donors (Lipinski definition) is 2. The Balaban J connectivity index is 2.27. The minimum absolute atomic E-state index is 0.0346. The second kappa shape index (κ2) is 9.75. The van der Waals surface area contributed by atoms with Crippen LogP contribution in [0.25, 0.3) is 0 Å². The van der Waals surface area contributed by atoms with Crippen LogP contribution >= 0.6 is 23.8 Å². The predicted molar refractivity (Wildman–Crippen MR) is 108 cm³/mol. The summed E-state index contributed by atoms with van der Waals surface area (Å²) in [7, 11) is 1.54. The fourth-order valence-electron chi connectivity index (χ4n) is 2.07. The summed E-state index contributed by atoms with van der Waals surface area (Å²) >= 11 is 11.0. The number of carbonyl (C=O) groups excluding carboxylic acids is 1. The molecule has 0 atom stereocenters. The molecule has 0 aliphatic carbocycles. The summed E-state index contributed by atoms with van der Waals surface area (Å²) in [5.74, 6) is 0.494. The number of nitrogens with one attached hydrogen (secondary N) is 1. The minimum atomic E-state index is -0.572. The van der Waals surface area contributed by atoms with E-state index in [4.69, 9.17) is 31.5 Å². The molecule has 0 bridgehead atoms. The molecule has 0 aromatic heterocycles. The van der Waals surface area contributed by atoms with E-state index in [-0.39, 0.29) is 15.9 Å². The van der Waals surface area contributed by atoms with Gasteiger partial charge in [-0.15, -0.1) is 0 Å². The van der Waals surface area contributed by atoms with Crippen LogP contribution in [-0.4, -0.2) is 31.0 Å². The number of methoxy groups -OCH3 is 1. The van der Waals surface area contributed by atoms with Crippen molar-refractivity contribution >= 4 is 41.1 Å². The summed E-state index contributed by atoms with van der Waals surface area (Å²) in [6.45, 7) is 2.16. The molecular weight excluding hydrogens is 390 g/mol. The molecule has 0 aliphatic heterocycles. The third-order valence-corrected chi connectivity index (χ3v) is 3.61. The molecule has 0 unspecified atom stereocenters. The van der Waals surface area contributed by atoms with Crippen molar-refractivity contribution in [3.8, 4) is 17.2 Å². The second-order valence-electron chi connectivity index (χ2n) is 5.12. The molecule has 0 amide bonds. The number of hydrazone groups is 1. The highest BCUT2D eigenvalue weighted by atomic mass is 35.5. The molecule has 2 rings (SSSR count). The second-order valence-corrected chi connectivity index (χ2v) is 5.96. The number of nitrogens with zero attached hydrogens (tertiary/aromatic N) is 1. The van der Waals surface area contributed by atoms with Crippen molar-refractivity contribution in [2.75, 3.05) is 13.7 Å². The first kappa shape index (κ1) is 20.5. The predicted octanol–water partition coefficient (Wildman–Crippen LogP) is 3.13. The Bertz CT molecular complexity index is 856. The van der Waals surface area contributed by atoms with Crippen molar-refractivity contribution in [1.82, 2.24) is 5.43 Å². The van der Waals surface area contributed by atoms with Crippen molar-refractivity contribution in [3.63, 3.8) is 0 Å². The van der Waals surface area contributed by atoms with E-state index in [9.17, 15) is 4.79 Å². The number of hydrogen-bond acceptors (Lipinski definition) is 6. The Kier molecular flexibility index (Phi) is 7.39. The molecule has 2 aromatic carbocycles. The summed E-state index contributed by atoms with van der Waals surface area (Å²) in [5, 5.41) is 4.09. The topological polar surface area (TPSA) is 95.2 Å². The number of carbonyl (C=O) groups is 1. The Morgan fingerprint density at radius 3 is 2.63 bits per heavy atom. The van der Waals surface area contributed by atoms with Gasteiger partial charge in [0.05, 0.1) is 30.5 Å². The van der Waals surface area contributed by atoms with Gasteiger partial charge in [0.1, 0.15) is 5.75 Å². The number of rotatable bonds is 7. The molecule has 0 saturated carbocycles. The van der Waals surface area contributed by atoms with Crippen LogP contribution in [0.1, 0.15) is 22.8 Å². The molecule has 0 aliphatic rings. The van der Waals surface area contributed by atoms with Gasteiger partial charge in [0.2, 0.25) is 0 Å².